The first-order valence-electron chi connectivity index (χ1n) is 17.4. The summed E-state index contributed by atoms with van der Waals surface area (Å²) in [5.41, 5.74) is 12.0. The monoisotopic (exact) mass is 572 g/mol. The van der Waals surface area contributed by atoms with Crippen LogP contribution in [0.5, 0.6) is 0 Å². The van der Waals surface area contributed by atoms with Crippen molar-refractivity contribution in [2.24, 2.45) is 23.7 Å². The van der Waals surface area contributed by atoms with Crippen molar-refractivity contribution in [1.82, 2.24) is 19.8 Å². The van der Waals surface area contributed by atoms with E-state index in [1.807, 2.05) is 0 Å². The molecule has 4 heteroatoms. The summed E-state index contributed by atoms with van der Waals surface area (Å²) in [6.07, 6.45) is 10.1. The molecule has 10 rings (SSSR count). The summed E-state index contributed by atoms with van der Waals surface area (Å²) in [7, 11) is 2.34. The first-order chi connectivity index (χ1) is 21.0. The fourth-order valence-electron chi connectivity index (χ4n) is 11.1. The molecule has 2 N–H and O–H groups in total. The number of hydrogen-bond acceptors (Lipinski definition) is 2. The van der Waals surface area contributed by atoms with Gasteiger partial charge in [-0.2, -0.15) is 0 Å². The minimum Gasteiger partial charge on any atom is -0.358 e. The molecule has 6 aliphatic rings. The van der Waals surface area contributed by atoms with Crippen molar-refractivity contribution in [2.75, 3.05) is 26.7 Å². The second kappa shape index (κ2) is 9.84. The van der Waals surface area contributed by atoms with Crippen LogP contribution in [-0.2, 0) is 12.8 Å². The third-order valence-electron chi connectivity index (χ3n) is 13.1. The average Bonchev–Trinajstić information content (AvgIpc) is 3.55. The van der Waals surface area contributed by atoms with Gasteiger partial charge in [0.25, 0.3) is 0 Å². The number of fused-ring (bicyclic) bond motifs is 9. The summed E-state index contributed by atoms with van der Waals surface area (Å²) < 4.78 is 0. The van der Waals surface area contributed by atoms with Gasteiger partial charge in [-0.15, -0.1) is 0 Å². The third-order valence-corrected chi connectivity index (χ3v) is 13.1. The molecule has 6 bridgehead atoms. The number of benzene rings is 2. The Kier molecular flexibility index (Phi) is 6.08. The number of likely N-dealkylation sites (N-methyl/N-ethyl adjacent to an activating group) is 1. The number of H-pyrrole nitrogens is 2. The lowest BCUT2D eigenvalue weighted by molar-refractivity contribution is -0.0134. The molecule has 0 amide bonds. The first kappa shape index (κ1) is 26.6. The van der Waals surface area contributed by atoms with Crippen LogP contribution in [0.4, 0.5) is 0 Å². The van der Waals surface area contributed by atoms with Crippen LogP contribution in [-0.4, -0.2) is 58.5 Å². The van der Waals surface area contributed by atoms with Crippen LogP contribution in [0.25, 0.3) is 21.8 Å². The van der Waals surface area contributed by atoms with E-state index in [4.69, 9.17) is 0 Å². The Hall–Kier alpha value is -2.82. The van der Waals surface area contributed by atoms with Crippen molar-refractivity contribution in [3.8, 4) is 0 Å². The number of hydrogen-bond donors (Lipinski definition) is 2. The van der Waals surface area contributed by atoms with E-state index in [0.717, 1.165) is 30.8 Å². The lowest BCUT2D eigenvalue weighted by atomic mass is 9.65. The maximum Gasteiger partial charge on any atom is 0.0462 e. The highest BCUT2D eigenvalue weighted by Crippen LogP contribution is 2.52. The molecule has 4 aromatic rings. The van der Waals surface area contributed by atoms with E-state index >= 15 is 0 Å². The van der Waals surface area contributed by atoms with E-state index in [2.05, 4.69) is 96.1 Å². The van der Waals surface area contributed by atoms with Gasteiger partial charge in [0, 0.05) is 76.7 Å². The molecule has 4 unspecified atom stereocenters. The van der Waals surface area contributed by atoms with E-state index in [1.54, 1.807) is 22.4 Å². The van der Waals surface area contributed by atoms with E-state index < -0.39 is 0 Å². The number of para-hydroxylation sites is 1. The van der Waals surface area contributed by atoms with Crippen molar-refractivity contribution < 1.29 is 0 Å². The SMILES string of the molecule is C/C=C1/CN(C)[C@@H]2Cc3c([nH]c4ccccc34)C(c3ccc4c5c([nH]c4c3)[C@@H]3C[C@H]4C[C@H](CC)C3N(CC5)C4)C[C@@H]1C2C. The van der Waals surface area contributed by atoms with Crippen LogP contribution < -0.4 is 0 Å². The van der Waals surface area contributed by atoms with E-state index in [-0.39, 0.29) is 0 Å². The third kappa shape index (κ3) is 3.88. The van der Waals surface area contributed by atoms with Crippen LogP contribution >= 0.6 is 0 Å². The summed E-state index contributed by atoms with van der Waals surface area (Å²) in [6.45, 7) is 10.9. The number of piperidine rings is 3. The molecule has 0 spiro atoms. The highest BCUT2D eigenvalue weighted by molar-refractivity contribution is 5.87. The Morgan fingerprint density at radius 3 is 2.63 bits per heavy atom. The van der Waals surface area contributed by atoms with E-state index in [0.29, 0.717) is 29.7 Å². The van der Waals surface area contributed by atoms with Gasteiger partial charge >= 0.3 is 0 Å². The molecule has 4 aliphatic heterocycles. The minimum atomic E-state index is 0.368. The number of aromatic amines is 2. The summed E-state index contributed by atoms with van der Waals surface area (Å²) in [5, 5.41) is 2.91. The molecule has 1 saturated carbocycles. The van der Waals surface area contributed by atoms with Crippen molar-refractivity contribution in [3.05, 3.63) is 82.2 Å². The van der Waals surface area contributed by atoms with Crippen molar-refractivity contribution in [2.45, 2.75) is 83.2 Å². The van der Waals surface area contributed by atoms with Crippen LogP contribution in [0.15, 0.2) is 54.1 Å². The minimum absolute atomic E-state index is 0.368. The van der Waals surface area contributed by atoms with E-state index in [1.165, 1.54) is 78.3 Å². The summed E-state index contributed by atoms with van der Waals surface area (Å²) >= 11 is 0. The molecule has 224 valence electrons. The number of nitrogens with zero attached hydrogens (tertiary/aromatic N) is 2. The summed E-state index contributed by atoms with van der Waals surface area (Å²) in [5.74, 6) is 4.04. The number of allylic oxidation sites excluding steroid dienone is 1. The van der Waals surface area contributed by atoms with Gasteiger partial charge in [0.2, 0.25) is 0 Å². The van der Waals surface area contributed by atoms with Gasteiger partial charge in [-0.25, -0.2) is 0 Å². The summed E-state index contributed by atoms with van der Waals surface area (Å²) in [4.78, 5) is 13.6. The summed E-state index contributed by atoms with van der Waals surface area (Å²) in [6, 6.07) is 17.9. The average molecular weight is 573 g/mol. The Morgan fingerprint density at radius 2 is 1.77 bits per heavy atom. The molecule has 0 radical (unpaired) electrons. The molecule has 2 aliphatic carbocycles. The second-order valence-electron chi connectivity index (χ2n) is 15.0. The molecule has 43 heavy (non-hydrogen) atoms. The van der Waals surface area contributed by atoms with Crippen LogP contribution in [0.1, 0.15) is 86.4 Å². The highest BCUT2D eigenvalue weighted by Gasteiger charge is 2.49. The van der Waals surface area contributed by atoms with Gasteiger partial charge in [0.1, 0.15) is 0 Å². The zero-order chi connectivity index (χ0) is 29.0. The number of likely N-dealkylation sites (tertiary alicyclic amines) is 1. The van der Waals surface area contributed by atoms with Crippen LogP contribution in [0.2, 0.25) is 0 Å². The topological polar surface area (TPSA) is 38.1 Å². The Balaban J connectivity index is 1.18. The zero-order valence-corrected chi connectivity index (χ0v) is 26.5. The Bertz CT molecular complexity index is 1740. The van der Waals surface area contributed by atoms with E-state index in [9.17, 15) is 0 Å². The molecule has 4 fully saturated rings. The largest absolute Gasteiger partial charge is 0.358 e. The maximum atomic E-state index is 4.12. The van der Waals surface area contributed by atoms with Gasteiger partial charge in [-0.05, 0) is 98.6 Å². The number of aromatic nitrogens is 2. The van der Waals surface area contributed by atoms with Gasteiger partial charge in [0.05, 0.1) is 0 Å². The van der Waals surface area contributed by atoms with Crippen molar-refractivity contribution in [3.63, 3.8) is 0 Å². The van der Waals surface area contributed by atoms with Gasteiger partial charge < -0.3 is 9.97 Å². The first-order valence-corrected chi connectivity index (χ1v) is 17.4. The lowest BCUT2D eigenvalue weighted by Gasteiger charge is -2.53. The van der Waals surface area contributed by atoms with Crippen LogP contribution in [0.3, 0.4) is 0 Å². The second-order valence-corrected chi connectivity index (χ2v) is 15.0. The molecular formula is C39H48N4. The highest BCUT2D eigenvalue weighted by atomic mass is 15.2. The Labute approximate surface area is 256 Å². The van der Waals surface area contributed by atoms with Gasteiger partial charge in [-0.1, -0.05) is 62.2 Å². The molecule has 6 heterocycles. The molecule has 4 nitrogen and oxygen atoms in total. The van der Waals surface area contributed by atoms with Crippen molar-refractivity contribution >= 4 is 21.8 Å². The Morgan fingerprint density at radius 1 is 0.930 bits per heavy atom. The van der Waals surface area contributed by atoms with Crippen molar-refractivity contribution in [1.29, 1.82) is 0 Å². The predicted molar refractivity (Wildman–Crippen MR) is 178 cm³/mol. The molecule has 3 saturated heterocycles. The standard InChI is InChI=1S/C39H48N4/c1-5-24-15-23-16-33-37-29(13-14-43(20-23)39(24)33)28-12-11-26(17-35(28)41-37)31-18-30-22(3)36(42(4)21-25(30)6-2)19-32-27-9-7-8-10-34(27)40-38(31)32/h6-12,17,22-24,30-31,33,36,39-41H,5,13-16,18-21H2,1-4H3/b25-6-/t22?,23-,24+,30-,31?,33+,36-,39?/m1/s1. The fourth-order valence-corrected chi connectivity index (χ4v) is 11.1. The fraction of sp³-hybridized carbons (Fsp3) is 0.538. The smallest absolute Gasteiger partial charge is 0.0462 e. The molecule has 9 atom stereocenters. The number of rotatable bonds is 2. The zero-order valence-electron chi connectivity index (χ0n) is 26.5. The quantitative estimate of drug-likeness (QED) is 0.239. The molecule has 2 aromatic carbocycles. The maximum absolute atomic E-state index is 4.12. The predicted octanol–water partition coefficient (Wildman–Crippen LogP) is 8.00. The molecule has 2 aromatic heterocycles. The van der Waals surface area contributed by atoms with Gasteiger partial charge in [-0.3, -0.25) is 9.80 Å². The lowest BCUT2D eigenvalue weighted by Crippen LogP contribution is -2.56. The van der Waals surface area contributed by atoms with Crippen LogP contribution in [0, 0.1) is 23.7 Å². The van der Waals surface area contributed by atoms with Gasteiger partial charge in [0.15, 0.2) is 0 Å². The normalized spacial score (nSPS) is 36.4. The number of nitrogens with one attached hydrogen (secondary N) is 2. The molecular weight excluding hydrogens is 524 g/mol.